The Labute approximate surface area is 154 Å². The third-order valence-corrected chi connectivity index (χ3v) is 2.88. The van der Waals surface area contributed by atoms with E-state index in [0.717, 1.165) is 16.2 Å². The second-order valence-corrected chi connectivity index (χ2v) is 3.89. The predicted octanol–water partition coefficient (Wildman–Crippen LogP) is 2.88. The Bertz CT molecular complexity index is 707. The van der Waals surface area contributed by atoms with Gasteiger partial charge in [0.05, 0.1) is 0 Å². The normalized spacial score (nSPS) is 10.0. The number of benzene rings is 3. The van der Waals surface area contributed by atoms with Crippen molar-refractivity contribution in [2.24, 2.45) is 0 Å². The molecule has 3 aromatic rings. The summed E-state index contributed by atoms with van der Waals surface area (Å²) < 4.78 is 4.99. The van der Waals surface area contributed by atoms with E-state index in [2.05, 4.69) is 12.1 Å². The molecule has 0 spiro atoms. The van der Waals surface area contributed by atoms with Gasteiger partial charge in [0.25, 0.3) is 6.47 Å². The molecule has 0 unspecified atom stereocenters. The molecule has 3 heteroatoms. The summed E-state index contributed by atoms with van der Waals surface area (Å²) in [5.74, 6) is 0.600. The summed E-state index contributed by atoms with van der Waals surface area (Å²) in [4.78, 5) is 10.5. The van der Waals surface area contributed by atoms with E-state index in [1.807, 2.05) is 36.4 Å². The fourth-order valence-electron chi connectivity index (χ4n) is 2.09. The topological polar surface area (TPSA) is 26.3 Å². The summed E-state index contributed by atoms with van der Waals surface area (Å²) in [6, 6.07) is 18.0. The molecule has 18 heavy (non-hydrogen) atoms. The van der Waals surface area contributed by atoms with Crippen molar-refractivity contribution in [2.45, 2.75) is 0 Å². The van der Waals surface area contributed by atoms with Gasteiger partial charge in [-0.05, 0) is 34.4 Å². The molecule has 0 atom stereocenters. The van der Waals surface area contributed by atoms with Crippen molar-refractivity contribution in [1.29, 1.82) is 0 Å². The van der Waals surface area contributed by atoms with Gasteiger partial charge in [0.1, 0.15) is 5.75 Å². The molecule has 0 aliphatic rings. The first-order valence-corrected chi connectivity index (χ1v) is 5.40. The zero-order valence-corrected chi connectivity index (χ0v) is 9.09. The van der Waals surface area contributed by atoms with Gasteiger partial charge >= 0.3 is 58.2 Å². The number of rotatable bonds is 2. The Kier molecular flexibility index (Phi) is 4.68. The molecule has 3 aromatic carbocycles. The van der Waals surface area contributed by atoms with E-state index >= 15 is 0 Å². The molecular weight excluding hydrogens is 298 g/mol. The Hall–Kier alpha value is -0.545. The number of ether oxygens (including phenoxy) is 1. The van der Waals surface area contributed by atoms with E-state index in [4.69, 9.17) is 4.74 Å². The van der Waals surface area contributed by atoms with Crippen molar-refractivity contribution in [3.8, 4) is 5.75 Å². The molecule has 0 fully saturated rings. The van der Waals surface area contributed by atoms with Crippen LogP contribution in [0.25, 0.3) is 21.5 Å². The van der Waals surface area contributed by atoms with Crippen LogP contribution in [-0.2, 0) is 4.79 Å². The van der Waals surface area contributed by atoms with Crippen LogP contribution in [0.2, 0.25) is 0 Å². The molecule has 0 radical (unpaired) electrons. The van der Waals surface area contributed by atoms with E-state index < -0.39 is 0 Å². The Morgan fingerprint density at radius 2 is 1.50 bits per heavy atom. The summed E-state index contributed by atoms with van der Waals surface area (Å²) in [7, 11) is 0. The van der Waals surface area contributed by atoms with Crippen LogP contribution in [-0.4, -0.2) is 64.7 Å². The average Bonchev–Trinajstić information content (AvgIpc) is 2.37. The van der Waals surface area contributed by atoms with E-state index in [-0.39, 0.29) is 58.2 Å². The zero-order chi connectivity index (χ0) is 11.7. The molecule has 0 saturated heterocycles. The van der Waals surface area contributed by atoms with Gasteiger partial charge in [0, 0.05) is 5.39 Å². The molecule has 2 nitrogen and oxygen atoms in total. The van der Waals surface area contributed by atoms with Gasteiger partial charge in [-0.3, -0.25) is 4.79 Å². The van der Waals surface area contributed by atoms with Gasteiger partial charge in [-0.1, -0.05) is 36.4 Å². The van der Waals surface area contributed by atoms with Gasteiger partial charge in [-0.15, -0.1) is 0 Å². The molecule has 0 saturated carbocycles. The molecule has 0 aromatic heterocycles. The summed E-state index contributed by atoms with van der Waals surface area (Å²) in [5, 5.41) is 4.35. The number of carbonyl (C=O) groups excluding carboxylic acids is 1. The summed E-state index contributed by atoms with van der Waals surface area (Å²) in [5.41, 5.74) is 0. The standard InChI is InChI=1S/C15H10O2.Rb.H/c16-10-17-15-7-3-6-13-8-11-4-1-2-5-12(11)9-14(13)15;;/h1-10H;;. The van der Waals surface area contributed by atoms with E-state index in [0.29, 0.717) is 12.2 Å². The van der Waals surface area contributed by atoms with Gasteiger partial charge < -0.3 is 4.74 Å². The maximum atomic E-state index is 10.5. The molecule has 0 amide bonds. The van der Waals surface area contributed by atoms with Gasteiger partial charge in [-0.2, -0.15) is 0 Å². The number of carbonyl (C=O) groups is 1. The minimum absolute atomic E-state index is 0. The van der Waals surface area contributed by atoms with E-state index in [1.54, 1.807) is 6.07 Å². The van der Waals surface area contributed by atoms with Gasteiger partial charge in [0.2, 0.25) is 0 Å². The van der Waals surface area contributed by atoms with Crippen LogP contribution in [0, 0.1) is 0 Å². The zero-order valence-electron chi connectivity index (χ0n) is 9.09. The van der Waals surface area contributed by atoms with Gasteiger partial charge in [-0.25, -0.2) is 0 Å². The molecule has 3 rings (SSSR count). The molecule has 0 bridgehead atoms. The molecular formula is C15H11O2Rb. The Morgan fingerprint density at radius 3 is 2.22 bits per heavy atom. The van der Waals surface area contributed by atoms with Crippen molar-refractivity contribution in [2.75, 3.05) is 0 Å². The molecule has 0 aliphatic carbocycles. The third-order valence-electron chi connectivity index (χ3n) is 2.88. The maximum absolute atomic E-state index is 10.5. The van der Waals surface area contributed by atoms with Crippen molar-refractivity contribution in [3.05, 3.63) is 54.6 Å². The minimum atomic E-state index is 0. The van der Waals surface area contributed by atoms with Crippen LogP contribution in [0.15, 0.2) is 54.6 Å². The first-order valence-electron chi connectivity index (χ1n) is 5.40. The molecule has 0 N–H and O–H groups in total. The Balaban J connectivity index is 0.00000120. The monoisotopic (exact) mass is 308 g/mol. The Morgan fingerprint density at radius 1 is 0.833 bits per heavy atom. The summed E-state index contributed by atoms with van der Waals surface area (Å²) >= 11 is 0. The van der Waals surface area contributed by atoms with Crippen LogP contribution in [0.5, 0.6) is 5.75 Å². The number of fused-ring (bicyclic) bond motifs is 2. The van der Waals surface area contributed by atoms with Crippen LogP contribution in [0.3, 0.4) is 0 Å². The van der Waals surface area contributed by atoms with Crippen molar-refractivity contribution in [3.63, 3.8) is 0 Å². The molecule has 0 aliphatic heterocycles. The van der Waals surface area contributed by atoms with Crippen molar-refractivity contribution >= 4 is 86.2 Å². The van der Waals surface area contributed by atoms with Crippen LogP contribution >= 0.6 is 0 Å². The van der Waals surface area contributed by atoms with Crippen LogP contribution in [0.1, 0.15) is 0 Å². The first-order chi connectivity index (χ1) is 8.38. The van der Waals surface area contributed by atoms with Crippen LogP contribution in [0.4, 0.5) is 0 Å². The fraction of sp³-hybridized carbons (Fsp3) is 0. The fourth-order valence-corrected chi connectivity index (χ4v) is 2.09. The number of hydrogen-bond donors (Lipinski definition) is 0. The van der Waals surface area contributed by atoms with E-state index in [9.17, 15) is 4.79 Å². The van der Waals surface area contributed by atoms with Crippen LogP contribution < -0.4 is 4.74 Å². The third kappa shape index (κ3) is 2.57. The molecule has 0 heterocycles. The first kappa shape index (κ1) is 13.9. The summed E-state index contributed by atoms with van der Waals surface area (Å²) in [6.45, 7) is 0.462. The van der Waals surface area contributed by atoms with Gasteiger partial charge in [0.15, 0.2) is 0 Å². The second kappa shape index (κ2) is 6.07. The van der Waals surface area contributed by atoms with E-state index in [1.165, 1.54) is 5.39 Å². The second-order valence-electron chi connectivity index (χ2n) is 3.89. The SMILES string of the molecule is O=COc1cccc2cc3ccccc3cc12.[RbH]. The quantitative estimate of drug-likeness (QED) is 0.537. The molecule has 84 valence electrons. The summed E-state index contributed by atoms with van der Waals surface area (Å²) in [6.07, 6.45) is 0. The number of hydrogen-bond acceptors (Lipinski definition) is 2. The van der Waals surface area contributed by atoms with Crippen molar-refractivity contribution < 1.29 is 9.53 Å². The van der Waals surface area contributed by atoms with Crippen molar-refractivity contribution in [1.82, 2.24) is 0 Å². The predicted molar refractivity (Wildman–Crippen MR) is 75.3 cm³/mol. The average molecular weight is 309 g/mol.